The van der Waals surface area contributed by atoms with E-state index in [1.807, 2.05) is 184 Å². The van der Waals surface area contributed by atoms with Gasteiger partial charge in [-0.2, -0.15) is 20.4 Å². The van der Waals surface area contributed by atoms with E-state index in [9.17, 15) is 24.0 Å². The molecule has 0 N–H and O–H groups in total. The highest BCUT2D eigenvalue weighted by Crippen LogP contribution is 2.54. The second-order valence-corrected chi connectivity index (χ2v) is 38.0. The fourth-order valence-corrected chi connectivity index (χ4v) is 22.7. The van der Waals surface area contributed by atoms with Crippen LogP contribution in [0.5, 0.6) is 0 Å². The van der Waals surface area contributed by atoms with Crippen LogP contribution in [0.2, 0.25) is 0 Å². The number of hydrogen-bond donors (Lipinski definition) is 0. The van der Waals surface area contributed by atoms with Crippen molar-refractivity contribution < 1.29 is 46.3 Å². The molecule has 0 bridgehead atoms. The Morgan fingerprint density at radius 3 is 1.04 bits per heavy atom. The molecular weight excluding hydrogens is 1690 g/mol. The highest BCUT2D eigenvalue weighted by molar-refractivity contribution is 6.11. The lowest BCUT2D eigenvalue weighted by Gasteiger charge is -2.43. The molecule has 13 heterocycles. The van der Waals surface area contributed by atoms with Crippen LogP contribution < -0.4 is 19.6 Å². The number of likely N-dealkylation sites (tertiary alicyclic amines) is 4. The van der Waals surface area contributed by atoms with E-state index in [2.05, 4.69) is 65.4 Å². The van der Waals surface area contributed by atoms with E-state index in [4.69, 9.17) is 4.74 Å². The maximum Gasteiger partial charge on any atom is 0.239 e. The molecule has 9 aliphatic heterocycles. The zero-order valence-electron chi connectivity index (χ0n) is 76.3. The molecule has 26 heteroatoms. The van der Waals surface area contributed by atoms with Crippen molar-refractivity contribution in [2.75, 3.05) is 85.2 Å². The average molecular weight is 1800 g/mol. The van der Waals surface area contributed by atoms with Crippen LogP contribution in [0, 0.1) is 23.3 Å². The van der Waals surface area contributed by atoms with Gasteiger partial charge in [-0.1, -0.05) is 165 Å². The summed E-state index contributed by atoms with van der Waals surface area (Å²) in [5.74, 6) is -1.04. The molecule has 3 unspecified atom stereocenters. The Kier molecular flexibility index (Phi) is 24.2. The predicted octanol–water partition coefficient (Wildman–Crippen LogP) is 17.1. The Bertz CT molecular complexity index is 6630. The van der Waals surface area contributed by atoms with Crippen molar-refractivity contribution in [2.45, 2.75) is 144 Å². The second kappa shape index (κ2) is 36.6. The lowest BCUT2D eigenvalue weighted by Crippen LogP contribution is -2.52. The first kappa shape index (κ1) is 88.6. The fraction of sp³-hybridized carbons (Fsp3) is 0.343. The monoisotopic (exact) mass is 1800 g/mol. The molecule has 6 fully saturated rings. The highest BCUT2D eigenvalue weighted by atomic mass is 19.1. The zero-order valence-corrected chi connectivity index (χ0v) is 76.3. The molecule has 134 heavy (non-hydrogen) atoms. The number of piperidine rings is 1. The molecule has 10 aliphatic rings. The number of benzene rings is 9. The van der Waals surface area contributed by atoms with Crippen LogP contribution in [0.1, 0.15) is 128 Å². The number of halogens is 4. The first-order valence-electron chi connectivity index (χ1n) is 46.9. The predicted molar refractivity (Wildman–Crippen MR) is 508 cm³/mol. The van der Waals surface area contributed by atoms with Gasteiger partial charge in [0.2, 0.25) is 29.5 Å². The van der Waals surface area contributed by atoms with Crippen LogP contribution in [-0.2, 0) is 111 Å². The summed E-state index contributed by atoms with van der Waals surface area (Å²) in [6.07, 6.45) is 25.3. The molecule has 0 radical (unpaired) electrons. The molecular formula is C108H110F4N16O6. The lowest BCUT2D eigenvalue weighted by molar-refractivity contribution is -0.129. The summed E-state index contributed by atoms with van der Waals surface area (Å²) in [4.78, 5) is 83.6. The molecule has 22 nitrogen and oxygen atoms in total. The first-order chi connectivity index (χ1) is 65.0. The van der Waals surface area contributed by atoms with Gasteiger partial charge in [0.15, 0.2) is 0 Å². The van der Waals surface area contributed by atoms with Crippen molar-refractivity contribution in [3.63, 3.8) is 0 Å². The largest absolute Gasteiger partial charge is 0.381 e. The van der Waals surface area contributed by atoms with Gasteiger partial charge in [0, 0.05) is 185 Å². The molecule has 9 aromatic carbocycles. The molecule has 1 aliphatic carbocycles. The molecule has 686 valence electrons. The van der Waals surface area contributed by atoms with Gasteiger partial charge in [-0.15, -0.1) is 0 Å². The number of aryl methyl sites for hydroxylation is 4. The number of fused-ring (bicyclic) bond motifs is 8. The Hall–Kier alpha value is -13.3. The number of anilines is 4. The summed E-state index contributed by atoms with van der Waals surface area (Å²) in [6, 6.07) is 64.2. The molecule has 4 aromatic heterocycles. The molecule has 4 spiro atoms. The number of carbonyl (C=O) groups is 5. The Morgan fingerprint density at radius 1 is 0.351 bits per heavy atom. The smallest absolute Gasteiger partial charge is 0.239 e. The van der Waals surface area contributed by atoms with Crippen molar-refractivity contribution in [3.8, 4) is 44.5 Å². The zero-order chi connectivity index (χ0) is 92.3. The highest BCUT2D eigenvalue weighted by Gasteiger charge is 2.59. The van der Waals surface area contributed by atoms with Crippen LogP contribution >= 0.6 is 0 Å². The van der Waals surface area contributed by atoms with Crippen molar-refractivity contribution >= 4 is 52.3 Å². The van der Waals surface area contributed by atoms with Crippen LogP contribution in [0.15, 0.2) is 250 Å². The van der Waals surface area contributed by atoms with Crippen molar-refractivity contribution in [1.29, 1.82) is 0 Å². The minimum atomic E-state index is -0.742. The normalized spacial score (nSPS) is 20.8. The third-order valence-electron chi connectivity index (χ3n) is 29.9. The molecule has 13 aromatic rings. The van der Waals surface area contributed by atoms with Gasteiger partial charge >= 0.3 is 0 Å². The molecule has 23 rings (SSSR count). The van der Waals surface area contributed by atoms with Gasteiger partial charge in [-0.3, -0.25) is 52.5 Å². The SMILES string of the molecule is CC(=O)N1CCC2(C1)C(=O)N(Cc1ccc(-c3cnn(C)c3)cc1F)c1ccccc12.Cn1cc(-c2ccc(CN3C(=O)C4(CCN(C5CCCC5)C4)c4ccccc43)c(F)c2)cn1.Cn1cc(-c2ccc(CN3C(=O)C4(CCN(C5CCOCC5)CC4)c4ccccc43)c(F)c2)cn1.Cn1cc(-c2ccc(CN3C(=O)C4(CCN(Cc5ccccc5)C4)c4ccccc43)c(F)c2)cn1. The van der Waals surface area contributed by atoms with Crippen molar-refractivity contribution in [2.24, 2.45) is 28.2 Å². The number of hydrogen-bond acceptors (Lipinski definition) is 13. The third-order valence-corrected chi connectivity index (χ3v) is 29.9. The van der Waals surface area contributed by atoms with Gasteiger partial charge in [0.25, 0.3) is 0 Å². The first-order valence-corrected chi connectivity index (χ1v) is 46.9. The van der Waals surface area contributed by atoms with E-state index in [1.54, 1.807) is 94.6 Å². The number of ether oxygens (including phenoxy) is 1. The van der Waals surface area contributed by atoms with Gasteiger partial charge in [0.05, 0.1) is 72.6 Å². The lowest BCUT2D eigenvalue weighted by atomic mass is 9.73. The minimum Gasteiger partial charge on any atom is -0.381 e. The topological polar surface area (TPSA) is 192 Å². The number of amides is 5. The van der Waals surface area contributed by atoms with Crippen LogP contribution in [-0.4, -0.2) is 166 Å². The number of nitrogens with zero attached hydrogens (tertiary/aromatic N) is 16. The summed E-state index contributed by atoms with van der Waals surface area (Å²) in [6.45, 7) is 10.9. The van der Waals surface area contributed by atoms with E-state index in [1.165, 1.54) is 50.3 Å². The van der Waals surface area contributed by atoms with Gasteiger partial charge < -0.3 is 34.1 Å². The van der Waals surface area contributed by atoms with Crippen molar-refractivity contribution in [1.82, 2.24) is 58.7 Å². The summed E-state index contributed by atoms with van der Waals surface area (Å²) in [5, 5.41) is 16.7. The summed E-state index contributed by atoms with van der Waals surface area (Å²) < 4.78 is 72.9. The number of rotatable bonds is 16. The minimum absolute atomic E-state index is 0.0300. The fourth-order valence-electron chi connectivity index (χ4n) is 22.7. The maximum atomic E-state index is 15.2. The van der Waals surface area contributed by atoms with E-state index in [0.29, 0.717) is 60.4 Å². The summed E-state index contributed by atoms with van der Waals surface area (Å²) >= 11 is 0. The van der Waals surface area contributed by atoms with E-state index < -0.39 is 21.7 Å². The van der Waals surface area contributed by atoms with Crippen LogP contribution in [0.4, 0.5) is 40.3 Å². The maximum absolute atomic E-state index is 15.2. The summed E-state index contributed by atoms with van der Waals surface area (Å²) in [7, 11) is 7.34. The Labute approximate surface area is 777 Å². The van der Waals surface area contributed by atoms with Crippen molar-refractivity contribution in [3.05, 3.63) is 323 Å². The second-order valence-electron chi connectivity index (χ2n) is 38.0. The number of para-hydroxylation sites is 4. The quantitative estimate of drug-likeness (QED) is 0.0831. The summed E-state index contributed by atoms with van der Waals surface area (Å²) in [5.41, 5.74) is 15.3. The Balaban J connectivity index is 0.000000111. The third kappa shape index (κ3) is 16.6. The number of carbonyl (C=O) groups excluding carboxylic acids is 5. The Morgan fingerprint density at radius 2 is 0.672 bits per heavy atom. The van der Waals surface area contributed by atoms with E-state index in [-0.39, 0.29) is 79.0 Å². The molecule has 1 saturated carbocycles. The molecule has 3 atom stereocenters. The standard InChI is InChI=1S/C29H27FN4O.C28H31FN4O2.C27H29FN4O.C24H23FN4O2/c1-32-18-24(16-31-32)22-11-12-23(26(30)15-22)19-34-27-10-6-5-9-25(27)29(28(34)35)13-14-33(20-29)17-21-7-3-2-4-8-21;1-31-18-22(17-30-31)20-6-7-21(25(29)16-20)19-33-26-5-3-2-4-24(26)28(27(33)34)10-12-32(13-11-28)23-8-14-35-15-9-23;1-30-16-21(15-29-30)19-10-11-20(24(28)14-19)17-32-25-9-5-4-8-23(25)27(26(32)33)12-13-31(18-27)22-6-2-3-7-22;1-16(30)28-10-9-24(15-28)20-5-3-4-6-22(20)29(23(24)31)14-18-8-7-17(11-21(18)25)19-12-26-27(2)13-19/h2-12,15-16,18H,13-14,17,19-20H2,1H3;2-7,16-18,23H,8-15,19H2,1H3;4-5,8-11,14-16,22H,2-3,6-7,12-13,17-18H2,1H3;3-8,11-13H,9-10,14-15H2,1-2H3. The molecule has 5 amide bonds. The average Bonchev–Trinajstić information content (AvgIpc) is 1.59. The van der Waals surface area contributed by atoms with E-state index >= 15 is 17.6 Å². The molecule has 5 saturated heterocycles. The van der Waals surface area contributed by atoms with Gasteiger partial charge in [-0.05, 0) is 183 Å². The van der Waals surface area contributed by atoms with Crippen LogP contribution in [0.25, 0.3) is 44.5 Å². The van der Waals surface area contributed by atoms with Gasteiger partial charge in [0.1, 0.15) is 23.3 Å². The number of aromatic nitrogens is 8. The van der Waals surface area contributed by atoms with E-state index in [0.717, 1.165) is 181 Å². The van der Waals surface area contributed by atoms with Crippen LogP contribution in [0.3, 0.4) is 0 Å². The van der Waals surface area contributed by atoms with Gasteiger partial charge in [-0.25, -0.2) is 17.6 Å².